The number of hydrogen-bond acceptors (Lipinski definition) is 3. The molecule has 1 amide bonds. The van der Waals surface area contributed by atoms with Gasteiger partial charge in [0.25, 0.3) is 0 Å². The van der Waals surface area contributed by atoms with Crippen LogP contribution in [0.1, 0.15) is 24.4 Å². The fourth-order valence-electron chi connectivity index (χ4n) is 3.89. The minimum Gasteiger partial charge on any atom is -0.396 e. The molecule has 1 aliphatic rings. The van der Waals surface area contributed by atoms with Crippen LogP contribution in [0, 0.1) is 13.5 Å². The van der Waals surface area contributed by atoms with Crippen molar-refractivity contribution < 1.29 is 4.79 Å². The number of fused-ring (bicyclic) bond motifs is 1. The molecule has 1 aromatic carbocycles. The van der Waals surface area contributed by atoms with Gasteiger partial charge in [-0.05, 0) is 36.4 Å². The molecule has 4 rings (SSSR count). The van der Waals surface area contributed by atoms with Crippen LogP contribution in [0.2, 0.25) is 5.02 Å². The fourth-order valence-corrected chi connectivity index (χ4v) is 4.09. The predicted octanol–water partition coefficient (Wildman–Crippen LogP) is 4.59. The van der Waals surface area contributed by atoms with Crippen molar-refractivity contribution >= 4 is 39.8 Å². The van der Waals surface area contributed by atoms with Gasteiger partial charge in [-0.2, -0.15) is 0 Å². The lowest BCUT2D eigenvalue weighted by atomic mass is 10.0. The maximum absolute atomic E-state index is 11.9. The molecule has 1 saturated heterocycles. The second-order valence-electron chi connectivity index (χ2n) is 7.27. The molecule has 1 aliphatic heterocycles. The van der Waals surface area contributed by atoms with Gasteiger partial charge in [-0.1, -0.05) is 11.6 Å². The van der Waals surface area contributed by atoms with Crippen LogP contribution in [0.4, 0.5) is 11.4 Å². The molecule has 28 heavy (non-hydrogen) atoms. The number of nitrogens with zero attached hydrogens (tertiary/aromatic N) is 4. The molecule has 2 aromatic heterocycles. The van der Waals surface area contributed by atoms with Crippen molar-refractivity contribution in [2.75, 3.05) is 19.3 Å². The van der Waals surface area contributed by atoms with Crippen LogP contribution in [-0.2, 0) is 4.79 Å². The van der Waals surface area contributed by atoms with Gasteiger partial charge >= 0.3 is 0 Å². The Balaban J connectivity index is 1.97. The molecule has 3 heterocycles. The lowest BCUT2D eigenvalue weighted by Gasteiger charge is -2.31. The molecule has 1 unspecified atom stereocenters. The van der Waals surface area contributed by atoms with E-state index >= 15 is 0 Å². The number of nitrogens with two attached hydrogens (primary N) is 1. The number of aryl methyl sites for hydroxylation is 1. The Morgan fingerprint density at radius 1 is 1.32 bits per heavy atom. The highest BCUT2D eigenvalue weighted by atomic mass is 35.5. The number of pyridine rings is 1. The van der Waals surface area contributed by atoms with E-state index in [-0.39, 0.29) is 11.9 Å². The summed E-state index contributed by atoms with van der Waals surface area (Å²) in [5.41, 5.74) is 10.6. The van der Waals surface area contributed by atoms with Crippen molar-refractivity contribution in [1.29, 1.82) is 0 Å². The SMILES string of the molecule is [C-]#[N+]c1cc2c(-c3cncc(N)c3Cl)cn(C3CCC(=O)N(C)C3)c2cc1C. The van der Waals surface area contributed by atoms with Crippen LogP contribution < -0.4 is 5.73 Å². The van der Waals surface area contributed by atoms with Gasteiger partial charge in [0, 0.05) is 49.1 Å². The fraction of sp³-hybridized carbons (Fsp3) is 0.286. The van der Waals surface area contributed by atoms with Crippen molar-refractivity contribution in [3.63, 3.8) is 0 Å². The number of likely N-dealkylation sites (tertiary alicyclic amines) is 1. The van der Waals surface area contributed by atoms with E-state index in [9.17, 15) is 4.79 Å². The zero-order valence-electron chi connectivity index (χ0n) is 15.7. The van der Waals surface area contributed by atoms with Gasteiger partial charge in [-0.3, -0.25) is 9.78 Å². The highest BCUT2D eigenvalue weighted by Gasteiger charge is 2.26. The standard InChI is InChI=1S/C21H20ClN5O/c1-12-6-19-14(7-18(12)24-2)16(15-8-25-9-17(23)21(15)22)11-27(19)13-4-5-20(28)26(3)10-13/h6-9,11,13H,4-5,10,23H2,1,3H3. The second-order valence-corrected chi connectivity index (χ2v) is 7.65. The Hall–Kier alpha value is -3.04. The predicted molar refractivity (Wildman–Crippen MR) is 111 cm³/mol. The summed E-state index contributed by atoms with van der Waals surface area (Å²) in [6.45, 7) is 10.1. The number of carbonyl (C=O) groups is 1. The van der Waals surface area contributed by atoms with Crippen molar-refractivity contribution in [1.82, 2.24) is 14.5 Å². The number of amides is 1. The summed E-state index contributed by atoms with van der Waals surface area (Å²) in [4.78, 5) is 21.6. The number of likely N-dealkylation sites (N-methyl/N-ethyl adjacent to an activating group) is 1. The second kappa shape index (κ2) is 6.84. The maximum Gasteiger partial charge on any atom is 0.222 e. The Kier molecular flexibility index (Phi) is 4.48. The summed E-state index contributed by atoms with van der Waals surface area (Å²) < 4.78 is 2.20. The number of carbonyl (C=O) groups excluding carboxylic acids is 1. The highest BCUT2D eigenvalue weighted by molar-refractivity contribution is 6.36. The average molecular weight is 394 g/mol. The number of anilines is 1. The van der Waals surface area contributed by atoms with Crippen LogP contribution in [0.15, 0.2) is 30.7 Å². The van der Waals surface area contributed by atoms with E-state index in [2.05, 4.69) is 20.6 Å². The van der Waals surface area contributed by atoms with Gasteiger partial charge < -0.3 is 15.2 Å². The largest absolute Gasteiger partial charge is 0.396 e. The van der Waals surface area contributed by atoms with Gasteiger partial charge in [0.2, 0.25) is 5.91 Å². The molecule has 6 nitrogen and oxygen atoms in total. The molecule has 0 aliphatic carbocycles. The van der Waals surface area contributed by atoms with Gasteiger partial charge in [0.05, 0.1) is 29.5 Å². The molecule has 1 fully saturated rings. The zero-order chi connectivity index (χ0) is 20.0. The Bertz CT molecular complexity index is 1140. The number of benzene rings is 1. The third-order valence-electron chi connectivity index (χ3n) is 5.46. The molecule has 142 valence electrons. The molecule has 2 N–H and O–H groups in total. The summed E-state index contributed by atoms with van der Waals surface area (Å²) in [6.07, 6.45) is 6.58. The Morgan fingerprint density at radius 3 is 2.82 bits per heavy atom. The van der Waals surface area contributed by atoms with Crippen molar-refractivity contribution in [3.8, 4) is 11.1 Å². The first-order chi connectivity index (χ1) is 13.4. The molecular weight excluding hydrogens is 374 g/mol. The average Bonchev–Trinajstić information content (AvgIpc) is 3.03. The molecule has 7 heteroatoms. The number of aromatic nitrogens is 2. The van der Waals surface area contributed by atoms with Crippen molar-refractivity contribution in [2.24, 2.45) is 0 Å². The Morgan fingerprint density at radius 2 is 2.11 bits per heavy atom. The van der Waals surface area contributed by atoms with Crippen LogP contribution in [0.25, 0.3) is 26.9 Å². The maximum atomic E-state index is 11.9. The number of piperidine rings is 1. The first kappa shape index (κ1) is 18.3. The number of hydrogen-bond donors (Lipinski definition) is 1. The summed E-state index contributed by atoms with van der Waals surface area (Å²) >= 11 is 6.48. The summed E-state index contributed by atoms with van der Waals surface area (Å²) in [7, 11) is 1.84. The minimum atomic E-state index is 0.157. The normalized spacial score (nSPS) is 17.1. The molecule has 0 bridgehead atoms. The van der Waals surface area contributed by atoms with E-state index in [4.69, 9.17) is 23.9 Å². The smallest absolute Gasteiger partial charge is 0.222 e. The minimum absolute atomic E-state index is 0.157. The number of nitrogen functional groups attached to an aromatic ring is 1. The zero-order valence-corrected chi connectivity index (χ0v) is 16.5. The Labute approximate surface area is 168 Å². The van der Waals surface area contributed by atoms with Crippen LogP contribution in [0.5, 0.6) is 0 Å². The van der Waals surface area contributed by atoms with Gasteiger partial charge in [-0.25, -0.2) is 4.85 Å². The first-order valence-corrected chi connectivity index (χ1v) is 9.44. The highest BCUT2D eigenvalue weighted by Crippen LogP contribution is 2.41. The third kappa shape index (κ3) is 2.88. The van der Waals surface area contributed by atoms with Gasteiger partial charge in [0.1, 0.15) is 0 Å². The van der Waals surface area contributed by atoms with E-state index in [1.807, 2.05) is 26.1 Å². The molecular formula is C21H20ClN5O. The monoisotopic (exact) mass is 393 g/mol. The van der Waals surface area contributed by atoms with E-state index in [0.29, 0.717) is 29.4 Å². The van der Waals surface area contributed by atoms with E-state index in [0.717, 1.165) is 34.0 Å². The van der Waals surface area contributed by atoms with Crippen LogP contribution in [-0.4, -0.2) is 34.0 Å². The van der Waals surface area contributed by atoms with E-state index in [1.54, 1.807) is 11.1 Å². The van der Waals surface area contributed by atoms with E-state index < -0.39 is 0 Å². The summed E-state index contributed by atoms with van der Waals surface area (Å²) in [6, 6.07) is 4.10. The third-order valence-corrected chi connectivity index (χ3v) is 5.89. The topological polar surface area (TPSA) is 68.5 Å². The number of rotatable bonds is 2. The van der Waals surface area contributed by atoms with E-state index in [1.165, 1.54) is 6.20 Å². The molecule has 0 spiro atoms. The first-order valence-electron chi connectivity index (χ1n) is 9.06. The van der Waals surface area contributed by atoms with Crippen molar-refractivity contribution in [2.45, 2.75) is 25.8 Å². The summed E-state index contributed by atoms with van der Waals surface area (Å²) in [5.74, 6) is 0.169. The molecule has 0 saturated carbocycles. The van der Waals surface area contributed by atoms with Gasteiger partial charge in [-0.15, -0.1) is 0 Å². The lowest BCUT2D eigenvalue weighted by molar-refractivity contribution is -0.132. The number of halogens is 1. The quantitative estimate of drug-likeness (QED) is 0.647. The van der Waals surface area contributed by atoms with Crippen molar-refractivity contribution in [3.05, 3.63) is 52.7 Å². The van der Waals surface area contributed by atoms with Crippen LogP contribution >= 0.6 is 11.6 Å². The molecule has 1 atom stereocenters. The molecule has 3 aromatic rings. The molecule has 0 radical (unpaired) electrons. The van der Waals surface area contributed by atoms with Gasteiger partial charge in [0.15, 0.2) is 5.69 Å². The van der Waals surface area contributed by atoms with Crippen LogP contribution in [0.3, 0.4) is 0 Å². The summed E-state index contributed by atoms with van der Waals surface area (Å²) in [5, 5.41) is 1.39. The lowest BCUT2D eigenvalue weighted by Crippen LogP contribution is -2.37.